The number of nitrogens with zero attached hydrogens (tertiary/aromatic N) is 1. The van der Waals surface area contributed by atoms with Crippen molar-refractivity contribution in [1.29, 1.82) is 0 Å². The minimum Gasteiger partial charge on any atom is -0.478 e. The molecule has 0 bridgehead atoms. The van der Waals surface area contributed by atoms with E-state index in [1.54, 1.807) is 19.2 Å². The molecule has 0 amide bonds. The molecule has 0 spiro atoms. The number of hydrogen-bond donors (Lipinski definition) is 3. The molecule has 0 saturated heterocycles. The second-order valence-electron chi connectivity index (χ2n) is 8.98. The first-order valence-electron chi connectivity index (χ1n) is 11.5. The van der Waals surface area contributed by atoms with Crippen LogP contribution in [0.2, 0.25) is 0 Å². The number of aromatic nitrogens is 1. The van der Waals surface area contributed by atoms with Crippen molar-refractivity contribution in [2.75, 3.05) is 13.2 Å². The maximum absolute atomic E-state index is 12.7. The highest BCUT2D eigenvalue weighted by molar-refractivity contribution is 7.09. The van der Waals surface area contributed by atoms with E-state index in [0.717, 1.165) is 28.8 Å². The van der Waals surface area contributed by atoms with E-state index in [-0.39, 0.29) is 30.8 Å². The molecule has 8 heteroatoms. The number of allylic oxidation sites excluding steroid dienone is 2. The van der Waals surface area contributed by atoms with Gasteiger partial charge in [0.2, 0.25) is 0 Å². The van der Waals surface area contributed by atoms with Crippen molar-refractivity contribution in [3.05, 3.63) is 74.0 Å². The molecule has 1 aromatic heterocycles. The average molecular weight is 484 g/mol. The highest BCUT2D eigenvalue weighted by Gasteiger charge is 2.48. The van der Waals surface area contributed by atoms with E-state index in [1.807, 2.05) is 31.2 Å². The summed E-state index contributed by atoms with van der Waals surface area (Å²) in [6.07, 6.45) is 1.01. The fourth-order valence-electron chi connectivity index (χ4n) is 4.69. The smallest absolute Gasteiger partial charge is 0.357 e. The van der Waals surface area contributed by atoms with E-state index >= 15 is 0 Å². The third-order valence-corrected chi connectivity index (χ3v) is 6.90. The molecule has 0 fully saturated rings. The Morgan fingerprint density at radius 2 is 1.91 bits per heavy atom. The summed E-state index contributed by atoms with van der Waals surface area (Å²) in [4.78, 5) is 29.5. The van der Waals surface area contributed by atoms with Gasteiger partial charge in [-0.15, -0.1) is 11.3 Å². The molecule has 34 heavy (non-hydrogen) atoms. The van der Waals surface area contributed by atoms with Crippen molar-refractivity contribution in [2.45, 2.75) is 52.9 Å². The van der Waals surface area contributed by atoms with E-state index in [9.17, 15) is 14.7 Å². The predicted molar refractivity (Wildman–Crippen MR) is 134 cm³/mol. The summed E-state index contributed by atoms with van der Waals surface area (Å²) in [5, 5.41) is 16.1. The molecule has 0 saturated carbocycles. The number of carbonyl (C=O) groups is 2. The summed E-state index contributed by atoms with van der Waals surface area (Å²) < 4.78 is 5.10. The van der Waals surface area contributed by atoms with Crippen molar-refractivity contribution in [3.63, 3.8) is 0 Å². The molecule has 1 unspecified atom stereocenters. The fraction of sp³-hybridized carbons (Fsp3) is 0.423. The lowest BCUT2D eigenvalue weighted by molar-refractivity contribution is -0.133. The van der Waals surface area contributed by atoms with E-state index in [2.05, 4.69) is 24.1 Å². The number of aryl methyl sites for hydroxylation is 1. The highest BCUT2D eigenvalue weighted by Crippen LogP contribution is 2.47. The van der Waals surface area contributed by atoms with Gasteiger partial charge in [0.1, 0.15) is 0 Å². The molecule has 2 heterocycles. The van der Waals surface area contributed by atoms with Gasteiger partial charge in [-0.3, -0.25) is 0 Å². The molecule has 0 radical (unpaired) electrons. The van der Waals surface area contributed by atoms with Crippen LogP contribution in [0, 0.1) is 12.8 Å². The first kappa shape index (κ1) is 25.6. The maximum atomic E-state index is 12.7. The Bertz CT molecular complexity index is 1130. The lowest BCUT2D eigenvalue weighted by atomic mass is 9.63. The predicted octanol–water partition coefficient (Wildman–Crippen LogP) is 4.33. The Kier molecular flexibility index (Phi) is 7.94. The first-order chi connectivity index (χ1) is 16.1. The number of dihydropyridines is 1. The van der Waals surface area contributed by atoms with Crippen LogP contribution in [-0.2, 0) is 21.4 Å². The number of carboxylic acids is 1. The largest absolute Gasteiger partial charge is 0.478 e. The van der Waals surface area contributed by atoms with Crippen LogP contribution in [-0.4, -0.2) is 35.2 Å². The van der Waals surface area contributed by atoms with Gasteiger partial charge in [-0.05, 0) is 44.2 Å². The Morgan fingerprint density at radius 1 is 1.24 bits per heavy atom. The summed E-state index contributed by atoms with van der Waals surface area (Å²) in [6, 6.07) is 7.91. The van der Waals surface area contributed by atoms with Crippen LogP contribution < -0.4 is 11.1 Å². The lowest BCUT2D eigenvalue weighted by Crippen LogP contribution is -2.46. The number of hydrogen-bond acceptors (Lipinski definition) is 7. The number of rotatable bonds is 9. The first-order valence-corrected chi connectivity index (χ1v) is 12.3. The molecule has 3 rings (SSSR count). The third kappa shape index (κ3) is 4.93. The second kappa shape index (κ2) is 10.5. The van der Waals surface area contributed by atoms with Gasteiger partial charge in [0.05, 0.1) is 22.6 Å². The number of ether oxygens (including phenoxy) is 1. The zero-order chi connectivity index (χ0) is 25.0. The van der Waals surface area contributed by atoms with Gasteiger partial charge >= 0.3 is 11.9 Å². The molecule has 1 aromatic carbocycles. The molecule has 1 aliphatic heterocycles. The summed E-state index contributed by atoms with van der Waals surface area (Å²) >= 11 is 1.33. The number of carboxylic acid groups (broad SMARTS) is 1. The van der Waals surface area contributed by atoms with Gasteiger partial charge in [-0.2, -0.15) is 0 Å². The van der Waals surface area contributed by atoms with Gasteiger partial charge in [0.25, 0.3) is 0 Å². The number of benzene rings is 1. The number of nitrogens with one attached hydrogen (secondary N) is 1. The Morgan fingerprint density at radius 3 is 2.47 bits per heavy atom. The zero-order valence-corrected chi connectivity index (χ0v) is 21.2. The van der Waals surface area contributed by atoms with Crippen LogP contribution in [0.15, 0.2) is 52.2 Å². The molecule has 0 aliphatic carbocycles. The van der Waals surface area contributed by atoms with E-state index in [1.165, 1.54) is 11.3 Å². The van der Waals surface area contributed by atoms with Gasteiger partial charge in [-0.25, -0.2) is 14.6 Å². The quantitative estimate of drug-likeness (QED) is 0.455. The molecular formula is C26H33N3O4S. The summed E-state index contributed by atoms with van der Waals surface area (Å²) in [5.41, 5.74) is 10.1. The molecule has 2 aromatic rings. The van der Waals surface area contributed by atoms with Crippen LogP contribution in [0.25, 0.3) is 0 Å². The van der Waals surface area contributed by atoms with Crippen LogP contribution in [0.4, 0.5) is 0 Å². The minimum absolute atomic E-state index is 0.184. The fourth-order valence-corrected chi connectivity index (χ4v) is 5.53. The minimum atomic E-state index is -1.03. The van der Waals surface area contributed by atoms with Gasteiger partial charge < -0.3 is 20.9 Å². The molecule has 1 atom stereocenters. The van der Waals surface area contributed by atoms with E-state index < -0.39 is 17.4 Å². The number of thiazole rings is 1. The van der Waals surface area contributed by atoms with Crippen molar-refractivity contribution in [2.24, 2.45) is 11.7 Å². The Balaban J connectivity index is 2.29. The summed E-state index contributed by atoms with van der Waals surface area (Å²) in [6.45, 7) is 10.2. The van der Waals surface area contributed by atoms with Crippen molar-refractivity contribution in [1.82, 2.24) is 10.3 Å². The van der Waals surface area contributed by atoms with E-state index in [4.69, 9.17) is 10.5 Å². The monoisotopic (exact) mass is 483 g/mol. The molecule has 7 nitrogen and oxygen atoms in total. The van der Waals surface area contributed by atoms with Crippen molar-refractivity contribution in [3.8, 4) is 0 Å². The normalized spacial score (nSPS) is 18.3. The van der Waals surface area contributed by atoms with Crippen LogP contribution in [0.3, 0.4) is 0 Å². The third-order valence-electron chi connectivity index (χ3n) is 6.05. The van der Waals surface area contributed by atoms with Gasteiger partial charge in [0.15, 0.2) is 5.69 Å². The SMILES string of the molecule is CCOC(=O)c1csc(CC2(c3ccc(C)cc3)C(CN)=C(CC(C)C)NC(C)=C2C(=O)O)n1. The molecule has 182 valence electrons. The molecular weight excluding hydrogens is 450 g/mol. The molecule has 4 N–H and O–H groups in total. The van der Waals surface area contributed by atoms with Gasteiger partial charge in [0, 0.05) is 29.7 Å². The average Bonchev–Trinajstić information content (AvgIpc) is 3.22. The Labute approximate surface area is 204 Å². The zero-order valence-electron chi connectivity index (χ0n) is 20.4. The van der Waals surface area contributed by atoms with Crippen LogP contribution >= 0.6 is 11.3 Å². The highest BCUT2D eigenvalue weighted by atomic mass is 32.1. The van der Waals surface area contributed by atoms with Crippen LogP contribution in [0.5, 0.6) is 0 Å². The number of carbonyl (C=O) groups excluding carboxylic acids is 1. The molecule has 1 aliphatic rings. The topological polar surface area (TPSA) is 115 Å². The number of esters is 1. The summed E-state index contributed by atoms with van der Waals surface area (Å²) in [5.74, 6) is -1.16. The standard InChI is InChI=1S/C26H33N3O4S/c1-6-33-25(32)21-14-34-22(29-21)12-26(18-9-7-16(4)8-10-18)19(13-27)20(11-15(2)3)28-17(5)23(26)24(30)31/h7-10,14-15,28H,6,11-13,27H2,1-5H3,(H,30,31). The van der Waals surface area contributed by atoms with Crippen LogP contribution in [0.1, 0.15) is 60.7 Å². The Hall–Kier alpha value is -2.97. The van der Waals surface area contributed by atoms with Crippen molar-refractivity contribution < 1.29 is 19.4 Å². The van der Waals surface area contributed by atoms with E-state index in [0.29, 0.717) is 16.6 Å². The number of aliphatic carboxylic acids is 1. The lowest BCUT2D eigenvalue weighted by Gasteiger charge is -2.43. The van der Waals surface area contributed by atoms with Gasteiger partial charge in [-0.1, -0.05) is 43.7 Å². The van der Waals surface area contributed by atoms with Crippen molar-refractivity contribution >= 4 is 23.3 Å². The second-order valence-corrected chi connectivity index (χ2v) is 9.93. The summed E-state index contributed by atoms with van der Waals surface area (Å²) in [7, 11) is 0. The number of nitrogens with two attached hydrogens (primary N) is 1. The maximum Gasteiger partial charge on any atom is 0.357 e.